The zero-order valence-corrected chi connectivity index (χ0v) is 16.8. The SMILES string of the molecule is CC=C(C)CC(C)CC(C)C(O)=C1C(=O)NC(C(O)c2ccc(O)cc2)C1=O. The van der Waals surface area contributed by atoms with Gasteiger partial charge in [0.1, 0.15) is 29.2 Å². The molecule has 28 heavy (non-hydrogen) atoms. The highest BCUT2D eigenvalue weighted by molar-refractivity contribution is 6.27. The first-order valence-corrected chi connectivity index (χ1v) is 9.52. The van der Waals surface area contributed by atoms with Crippen LogP contribution in [-0.4, -0.2) is 33.1 Å². The molecule has 1 aliphatic rings. The van der Waals surface area contributed by atoms with E-state index in [-0.39, 0.29) is 28.9 Å². The Hall–Kier alpha value is -2.60. The van der Waals surface area contributed by atoms with E-state index in [1.165, 1.54) is 29.8 Å². The molecule has 4 N–H and O–H groups in total. The van der Waals surface area contributed by atoms with Crippen molar-refractivity contribution in [2.45, 2.75) is 52.7 Å². The number of carbonyl (C=O) groups excluding carboxylic acids is 2. The number of hydrogen-bond donors (Lipinski definition) is 4. The van der Waals surface area contributed by atoms with Crippen LogP contribution in [0.1, 0.15) is 52.2 Å². The molecule has 1 aromatic carbocycles. The summed E-state index contributed by atoms with van der Waals surface area (Å²) in [6, 6.07) is 4.59. The van der Waals surface area contributed by atoms with Crippen molar-refractivity contribution in [2.24, 2.45) is 11.8 Å². The summed E-state index contributed by atoms with van der Waals surface area (Å²) in [6.45, 7) is 7.87. The van der Waals surface area contributed by atoms with Gasteiger partial charge in [0.05, 0.1) is 0 Å². The summed E-state index contributed by atoms with van der Waals surface area (Å²) >= 11 is 0. The van der Waals surface area contributed by atoms with E-state index < -0.39 is 23.8 Å². The Balaban J connectivity index is 2.17. The third-order valence-corrected chi connectivity index (χ3v) is 5.23. The first kappa shape index (κ1) is 21.7. The van der Waals surface area contributed by atoms with Gasteiger partial charge in [-0.2, -0.15) is 0 Å². The van der Waals surface area contributed by atoms with Crippen molar-refractivity contribution < 1.29 is 24.9 Å². The lowest BCUT2D eigenvalue weighted by Gasteiger charge is -2.18. The fraction of sp³-hybridized carbons (Fsp3) is 0.455. The van der Waals surface area contributed by atoms with Crippen LogP contribution in [0.15, 0.2) is 47.2 Å². The fourth-order valence-electron chi connectivity index (χ4n) is 3.59. The van der Waals surface area contributed by atoms with E-state index in [9.17, 15) is 24.9 Å². The van der Waals surface area contributed by atoms with Gasteiger partial charge >= 0.3 is 0 Å². The van der Waals surface area contributed by atoms with Gasteiger partial charge in [0.25, 0.3) is 5.91 Å². The minimum Gasteiger partial charge on any atom is -0.511 e. The summed E-state index contributed by atoms with van der Waals surface area (Å²) in [5.74, 6) is -1.55. The molecule has 6 heteroatoms. The van der Waals surface area contributed by atoms with Crippen molar-refractivity contribution in [1.82, 2.24) is 5.32 Å². The third-order valence-electron chi connectivity index (χ3n) is 5.23. The number of benzene rings is 1. The summed E-state index contributed by atoms with van der Waals surface area (Å²) in [5, 5.41) is 32.9. The van der Waals surface area contributed by atoms with Gasteiger partial charge in [-0.05, 0) is 50.3 Å². The van der Waals surface area contributed by atoms with Crippen molar-refractivity contribution in [1.29, 1.82) is 0 Å². The van der Waals surface area contributed by atoms with E-state index in [2.05, 4.69) is 12.2 Å². The highest BCUT2D eigenvalue weighted by atomic mass is 16.3. The first-order chi connectivity index (χ1) is 13.1. The summed E-state index contributed by atoms with van der Waals surface area (Å²) in [7, 11) is 0. The molecule has 1 saturated heterocycles. The normalized spacial score (nSPS) is 22.6. The quantitative estimate of drug-likeness (QED) is 0.248. The predicted molar refractivity (Wildman–Crippen MR) is 107 cm³/mol. The molecule has 0 aliphatic carbocycles. The molecule has 0 bridgehead atoms. The summed E-state index contributed by atoms with van der Waals surface area (Å²) in [4.78, 5) is 25.1. The Kier molecular flexibility index (Phi) is 7.02. The minimum absolute atomic E-state index is 0.0343. The van der Waals surface area contributed by atoms with Crippen molar-refractivity contribution >= 4 is 11.7 Å². The number of amides is 1. The predicted octanol–water partition coefficient (Wildman–Crippen LogP) is 3.32. The van der Waals surface area contributed by atoms with Crippen LogP contribution in [0.3, 0.4) is 0 Å². The standard InChI is InChI=1S/C22H29NO5/c1-5-12(2)10-13(3)11-14(4)19(25)17-21(27)18(23-22(17)28)20(26)15-6-8-16(24)9-7-15/h5-9,13-14,18,20,24-26H,10-11H2,1-4H3,(H,23,28). The monoisotopic (exact) mass is 387 g/mol. The topological polar surface area (TPSA) is 107 Å². The Morgan fingerprint density at radius 2 is 1.82 bits per heavy atom. The van der Waals surface area contributed by atoms with E-state index in [4.69, 9.17) is 0 Å². The lowest BCUT2D eigenvalue weighted by molar-refractivity contribution is -0.118. The molecule has 2 rings (SSSR count). The molecule has 0 saturated carbocycles. The molecule has 1 aliphatic heterocycles. The number of rotatable bonds is 7. The van der Waals surface area contributed by atoms with Crippen LogP contribution in [-0.2, 0) is 9.59 Å². The van der Waals surface area contributed by atoms with Crippen molar-refractivity contribution in [2.75, 3.05) is 0 Å². The van der Waals surface area contributed by atoms with E-state index in [1.807, 2.05) is 19.9 Å². The largest absolute Gasteiger partial charge is 0.511 e. The second-order valence-corrected chi connectivity index (χ2v) is 7.69. The van der Waals surface area contributed by atoms with E-state index in [1.54, 1.807) is 6.92 Å². The molecular formula is C22H29NO5. The zero-order valence-electron chi connectivity index (χ0n) is 16.8. The Morgan fingerprint density at radius 3 is 2.39 bits per heavy atom. The van der Waals surface area contributed by atoms with Gasteiger partial charge in [-0.3, -0.25) is 9.59 Å². The highest BCUT2D eigenvalue weighted by Gasteiger charge is 2.43. The lowest BCUT2D eigenvalue weighted by atomic mass is 9.88. The Labute approximate surface area is 165 Å². The minimum atomic E-state index is -1.27. The van der Waals surface area contributed by atoms with Gasteiger partial charge in [-0.1, -0.05) is 37.6 Å². The number of allylic oxidation sites excluding steroid dienone is 3. The summed E-state index contributed by atoms with van der Waals surface area (Å²) in [5.41, 5.74) is 1.37. The van der Waals surface area contributed by atoms with Crippen LogP contribution >= 0.6 is 0 Å². The van der Waals surface area contributed by atoms with Gasteiger partial charge in [0, 0.05) is 5.92 Å². The average Bonchev–Trinajstić information content (AvgIpc) is 2.95. The lowest BCUT2D eigenvalue weighted by Crippen LogP contribution is -2.35. The van der Waals surface area contributed by atoms with Crippen molar-refractivity contribution in [3.05, 3.63) is 52.8 Å². The number of hydrogen-bond acceptors (Lipinski definition) is 5. The Morgan fingerprint density at radius 1 is 1.21 bits per heavy atom. The van der Waals surface area contributed by atoms with Gasteiger partial charge in [-0.15, -0.1) is 0 Å². The van der Waals surface area contributed by atoms with E-state index in [0.717, 1.165) is 6.42 Å². The van der Waals surface area contributed by atoms with Crippen LogP contribution in [0.4, 0.5) is 0 Å². The number of carbonyl (C=O) groups is 2. The van der Waals surface area contributed by atoms with Crippen LogP contribution < -0.4 is 5.32 Å². The number of aliphatic hydroxyl groups excluding tert-OH is 2. The van der Waals surface area contributed by atoms with Crippen LogP contribution in [0.5, 0.6) is 5.75 Å². The zero-order chi connectivity index (χ0) is 21.0. The van der Waals surface area contributed by atoms with Gasteiger partial charge < -0.3 is 20.6 Å². The molecule has 0 aromatic heterocycles. The Bertz CT molecular complexity index is 794. The molecule has 4 unspecified atom stereocenters. The van der Waals surface area contributed by atoms with E-state index in [0.29, 0.717) is 12.0 Å². The fourth-order valence-corrected chi connectivity index (χ4v) is 3.59. The molecule has 152 valence electrons. The number of aliphatic hydroxyl groups is 2. The molecule has 1 heterocycles. The summed E-state index contributed by atoms with van der Waals surface area (Å²) in [6.07, 6.45) is 2.29. The van der Waals surface area contributed by atoms with Gasteiger partial charge in [0.2, 0.25) is 0 Å². The molecule has 1 aromatic rings. The van der Waals surface area contributed by atoms with Crippen molar-refractivity contribution in [3.63, 3.8) is 0 Å². The van der Waals surface area contributed by atoms with Gasteiger partial charge in [0.15, 0.2) is 5.78 Å². The number of nitrogens with one attached hydrogen (secondary N) is 1. The maximum absolute atomic E-state index is 12.7. The summed E-state index contributed by atoms with van der Waals surface area (Å²) < 4.78 is 0. The molecule has 4 atom stereocenters. The number of phenolic OH excluding ortho intramolecular Hbond substituents is 1. The number of Topliss-reactive ketones (excluding diaryl/α,β-unsaturated/α-hetero) is 1. The van der Waals surface area contributed by atoms with E-state index >= 15 is 0 Å². The molecule has 1 fully saturated rings. The molecule has 1 amide bonds. The molecule has 0 radical (unpaired) electrons. The van der Waals surface area contributed by atoms with Crippen LogP contribution in [0.25, 0.3) is 0 Å². The van der Waals surface area contributed by atoms with Crippen LogP contribution in [0.2, 0.25) is 0 Å². The molecule has 6 nitrogen and oxygen atoms in total. The first-order valence-electron chi connectivity index (χ1n) is 9.52. The average molecular weight is 387 g/mol. The van der Waals surface area contributed by atoms with Crippen molar-refractivity contribution in [3.8, 4) is 5.75 Å². The maximum Gasteiger partial charge on any atom is 0.259 e. The second-order valence-electron chi connectivity index (χ2n) is 7.69. The number of phenols is 1. The number of ketones is 1. The number of aromatic hydroxyl groups is 1. The smallest absolute Gasteiger partial charge is 0.259 e. The van der Waals surface area contributed by atoms with Crippen LogP contribution in [0, 0.1) is 11.8 Å². The third kappa shape index (κ3) is 4.81. The second kappa shape index (κ2) is 9.06. The molecular weight excluding hydrogens is 358 g/mol. The van der Waals surface area contributed by atoms with Gasteiger partial charge in [-0.25, -0.2) is 0 Å². The maximum atomic E-state index is 12.7. The molecule has 0 spiro atoms. The highest BCUT2D eigenvalue weighted by Crippen LogP contribution is 2.30.